The van der Waals surface area contributed by atoms with Crippen LogP contribution in [0, 0.1) is 0 Å². The van der Waals surface area contributed by atoms with Crippen molar-refractivity contribution in [3.8, 4) is 17.1 Å². The molecular formula is C22H20N4O2. The number of ether oxygens (including phenoxy) is 1. The van der Waals surface area contributed by atoms with Crippen LogP contribution in [0.4, 0.5) is 11.6 Å². The zero-order chi connectivity index (χ0) is 19.3. The van der Waals surface area contributed by atoms with E-state index in [1.54, 1.807) is 12.1 Å². The van der Waals surface area contributed by atoms with Gasteiger partial charge in [0.2, 0.25) is 0 Å². The second-order valence-corrected chi connectivity index (χ2v) is 6.45. The topological polar surface area (TPSA) is 100 Å². The van der Waals surface area contributed by atoms with Crippen molar-refractivity contribution >= 4 is 11.6 Å². The Morgan fingerprint density at radius 1 is 0.857 bits per heavy atom. The van der Waals surface area contributed by atoms with Crippen molar-refractivity contribution in [3.05, 3.63) is 89.6 Å². The molecule has 0 saturated heterocycles. The summed E-state index contributed by atoms with van der Waals surface area (Å²) in [4.78, 5) is 4.05. The maximum atomic E-state index is 5.91. The number of aromatic nitrogens is 2. The molecule has 2 aromatic heterocycles. The third-order valence-electron chi connectivity index (χ3n) is 4.33. The Bertz CT molecular complexity index is 1060. The number of anilines is 2. The number of nitrogens with zero attached hydrogens (tertiary/aromatic N) is 2. The summed E-state index contributed by atoms with van der Waals surface area (Å²) in [6, 6.07) is 23.4. The van der Waals surface area contributed by atoms with Crippen LogP contribution in [-0.4, -0.2) is 10.1 Å². The Morgan fingerprint density at radius 2 is 1.64 bits per heavy atom. The molecule has 6 heteroatoms. The van der Waals surface area contributed by atoms with Crippen molar-refractivity contribution < 1.29 is 9.26 Å². The van der Waals surface area contributed by atoms with Gasteiger partial charge in [-0.2, -0.15) is 0 Å². The lowest BCUT2D eigenvalue weighted by molar-refractivity contribution is 0.306. The highest BCUT2D eigenvalue weighted by Gasteiger charge is 2.11. The Labute approximate surface area is 162 Å². The van der Waals surface area contributed by atoms with E-state index < -0.39 is 0 Å². The molecule has 0 fully saturated rings. The molecule has 2 aromatic carbocycles. The Hall–Kier alpha value is -3.80. The summed E-state index contributed by atoms with van der Waals surface area (Å²) in [6.45, 7) is 0.546. The van der Waals surface area contributed by atoms with Crippen LogP contribution < -0.4 is 16.2 Å². The second-order valence-electron chi connectivity index (χ2n) is 6.45. The molecule has 0 atom stereocenters. The highest BCUT2D eigenvalue weighted by atomic mass is 16.5. The molecule has 0 aliphatic rings. The van der Waals surface area contributed by atoms with E-state index in [2.05, 4.69) is 10.1 Å². The number of hydrogen-bond donors (Lipinski definition) is 2. The number of benzene rings is 2. The molecule has 28 heavy (non-hydrogen) atoms. The van der Waals surface area contributed by atoms with Crippen molar-refractivity contribution in [2.75, 3.05) is 11.5 Å². The van der Waals surface area contributed by atoms with Crippen LogP contribution in [0.2, 0.25) is 0 Å². The van der Waals surface area contributed by atoms with Crippen LogP contribution >= 0.6 is 0 Å². The molecule has 140 valence electrons. The normalized spacial score (nSPS) is 10.7. The van der Waals surface area contributed by atoms with Gasteiger partial charge in [0, 0.05) is 12.5 Å². The predicted octanol–water partition coefficient (Wildman–Crippen LogP) is 4.07. The third-order valence-corrected chi connectivity index (χ3v) is 4.33. The minimum Gasteiger partial charge on any atom is -0.489 e. The van der Waals surface area contributed by atoms with Crippen LogP contribution in [0.15, 0.2) is 77.3 Å². The van der Waals surface area contributed by atoms with Crippen LogP contribution in [0.1, 0.15) is 16.8 Å². The highest BCUT2D eigenvalue weighted by Crippen LogP contribution is 2.27. The zero-order valence-corrected chi connectivity index (χ0v) is 15.2. The van der Waals surface area contributed by atoms with E-state index in [-0.39, 0.29) is 0 Å². The summed E-state index contributed by atoms with van der Waals surface area (Å²) in [5.74, 6) is 2.09. The average Bonchev–Trinajstić information content (AvgIpc) is 3.16. The van der Waals surface area contributed by atoms with E-state index in [4.69, 9.17) is 20.7 Å². The van der Waals surface area contributed by atoms with E-state index in [0.717, 1.165) is 22.6 Å². The SMILES string of the molecule is Nc1ccc(-c2cc(Cc3ccc(OCc4ccccc4)cc3)no2)c(N)n1. The summed E-state index contributed by atoms with van der Waals surface area (Å²) in [7, 11) is 0. The highest BCUT2D eigenvalue weighted by molar-refractivity contribution is 5.71. The molecule has 0 saturated carbocycles. The minimum atomic E-state index is 0.322. The van der Waals surface area contributed by atoms with Crippen molar-refractivity contribution in [3.63, 3.8) is 0 Å². The Kier molecular flexibility index (Phi) is 4.93. The molecule has 0 spiro atoms. The first kappa shape index (κ1) is 17.6. The number of hydrogen-bond acceptors (Lipinski definition) is 6. The second kappa shape index (κ2) is 7.84. The van der Waals surface area contributed by atoms with Crippen molar-refractivity contribution in [1.29, 1.82) is 0 Å². The first-order valence-electron chi connectivity index (χ1n) is 8.91. The molecule has 0 bridgehead atoms. The van der Waals surface area contributed by atoms with E-state index >= 15 is 0 Å². The predicted molar refractivity (Wildman–Crippen MR) is 109 cm³/mol. The smallest absolute Gasteiger partial charge is 0.170 e. The number of pyridine rings is 1. The third kappa shape index (κ3) is 4.12. The fraction of sp³-hybridized carbons (Fsp3) is 0.0909. The standard InChI is InChI=1S/C22H20N4O2/c23-21-11-10-19(22(24)25-21)20-13-17(26-28-20)12-15-6-8-18(9-7-15)27-14-16-4-2-1-3-5-16/h1-11,13H,12,14H2,(H4,23,24,25). The Morgan fingerprint density at radius 3 is 2.39 bits per heavy atom. The molecule has 4 N–H and O–H groups in total. The van der Waals surface area contributed by atoms with Gasteiger partial charge in [0.25, 0.3) is 0 Å². The quantitative estimate of drug-likeness (QED) is 0.529. The Balaban J connectivity index is 1.40. The van der Waals surface area contributed by atoms with E-state index in [1.807, 2.05) is 60.7 Å². The minimum absolute atomic E-state index is 0.322. The van der Waals surface area contributed by atoms with Gasteiger partial charge >= 0.3 is 0 Å². The monoisotopic (exact) mass is 372 g/mol. The van der Waals surface area contributed by atoms with Gasteiger partial charge in [-0.15, -0.1) is 0 Å². The first-order valence-corrected chi connectivity index (χ1v) is 8.91. The van der Waals surface area contributed by atoms with E-state index in [9.17, 15) is 0 Å². The average molecular weight is 372 g/mol. The molecule has 0 radical (unpaired) electrons. The summed E-state index contributed by atoms with van der Waals surface area (Å²) in [5.41, 5.74) is 15.3. The fourth-order valence-electron chi connectivity index (χ4n) is 2.87. The van der Waals surface area contributed by atoms with Gasteiger partial charge in [0.1, 0.15) is 24.0 Å². The fourth-order valence-corrected chi connectivity index (χ4v) is 2.87. The largest absolute Gasteiger partial charge is 0.489 e. The van der Waals surface area contributed by atoms with Crippen LogP contribution in [0.5, 0.6) is 5.75 Å². The van der Waals surface area contributed by atoms with E-state index in [1.165, 1.54) is 0 Å². The molecule has 0 aliphatic heterocycles. The summed E-state index contributed by atoms with van der Waals surface area (Å²) in [5, 5.41) is 4.13. The van der Waals surface area contributed by atoms with E-state index in [0.29, 0.717) is 36.0 Å². The molecule has 0 aliphatic carbocycles. The van der Waals surface area contributed by atoms with Gasteiger partial charge in [0.15, 0.2) is 5.76 Å². The molecule has 2 heterocycles. The van der Waals surface area contributed by atoms with Crippen LogP contribution in [0.25, 0.3) is 11.3 Å². The number of nitrogen functional groups attached to an aromatic ring is 2. The zero-order valence-electron chi connectivity index (χ0n) is 15.2. The maximum Gasteiger partial charge on any atom is 0.170 e. The lowest BCUT2D eigenvalue weighted by Crippen LogP contribution is -1.97. The number of rotatable bonds is 6. The molecule has 0 unspecified atom stereocenters. The summed E-state index contributed by atoms with van der Waals surface area (Å²) >= 11 is 0. The lowest BCUT2D eigenvalue weighted by Gasteiger charge is -2.07. The maximum absolute atomic E-state index is 5.91. The molecular weight excluding hydrogens is 352 g/mol. The van der Waals surface area contributed by atoms with Crippen LogP contribution in [0.3, 0.4) is 0 Å². The van der Waals surface area contributed by atoms with Gasteiger partial charge in [-0.3, -0.25) is 0 Å². The van der Waals surface area contributed by atoms with Gasteiger partial charge in [-0.05, 0) is 35.4 Å². The van der Waals surface area contributed by atoms with Gasteiger partial charge < -0.3 is 20.7 Å². The van der Waals surface area contributed by atoms with Gasteiger partial charge in [-0.25, -0.2) is 4.98 Å². The lowest BCUT2D eigenvalue weighted by atomic mass is 10.1. The van der Waals surface area contributed by atoms with Crippen molar-refractivity contribution in [2.24, 2.45) is 0 Å². The first-order chi connectivity index (χ1) is 13.7. The van der Waals surface area contributed by atoms with Crippen molar-refractivity contribution in [2.45, 2.75) is 13.0 Å². The van der Waals surface area contributed by atoms with Crippen molar-refractivity contribution in [1.82, 2.24) is 10.1 Å². The summed E-state index contributed by atoms with van der Waals surface area (Å²) < 4.78 is 11.2. The van der Waals surface area contributed by atoms with Gasteiger partial charge in [-0.1, -0.05) is 47.6 Å². The summed E-state index contributed by atoms with van der Waals surface area (Å²) in [6.07, 6.45) is 0.644. The molecule has 6 nitrogen and oxygen atoms in total. The van der Waals surface area contributed by atoms with Crippen LogP contribution in [-0.2, 0) is 13.0 Å². The molecule has 0 amide bonds. The number of nitrogens with two attached hydrogens (primary N) is 2. The molecule has 4 rings (SSSR count). The molecule has 4 aromatic rings. The van der Waals surface area contributed by atoms with Gasteiger partial charge in [0.05, 0.1) is 11.3 Å².